The minimum Gasteiger partial charge on any atom is -0.296 e. The van der Waals surface area contributed by atoms with Crippen molar-refractivity contribution in [1.82, 2.24) is 10.2 Å². The number of thioether (sulfide) groups is 1. The van der Waals surface area contributed by atoms with Crippen molar-refractivity contribution in [3.63, 3.8) is 0 Å². The summed E-state index contributed by atoms with van der Waals surface area (Å²) in [5, 5.41) is 11.2. The van der Waals surface area contributed by atoms with Gasteiger partial charge in [-0.05, 0) is 30.7 Å². The second kappa shape index (κ2) is 8.57. The molecule has 0 atom stereocenters. The van der Waals surface area contributed by atoms with Gasteiger partial charge in [0.15, 0.2) is 10.1 Å². The average molecular weight is 448 g/mol. The highest BCUT2D eigenvalue weighted by atomic mass is 79.9. The van der Waals surface area contributed by atoms with E-state index in [0.29, 0.717) is 20.6 Å². The lowest BCUT2D eigenvalue weighted by atomic mass is 10.1. The Morgan fingerprint density at radius 1 is 1.12 bits per heavy atom. The van der Waals surface area contributed by atoms with Crippen LogP contribution in [0.4, 0.5) is 5.13 Å². The molecule has 3 rings (SSSR count). The maximum Gasteiger partial charge on any atom is 0.257 e. The van der Waals surface area contributed by atoms with E-state index in [0.717, 1.165) is 10.0 Å². The molecule has 1 amide bonds. The van der Waals surface area contributed by atoms with Crippen molar-refractivity contribution < 1.29 is 9.59 Å². The first-order valence-corrected chi connectivity index (χ1v) is 10.2. The Labute approximate surface area is 167 Å². The number of aryl methyl sites for hydroxylation is 1. The second-order valence-corrected chi connectivity index (χ2v) is 8.48. The zero-order valence-corrected chi connectivity index (χ0v) is 17.0. The Kier molecular flexibility index (Phi) is 6.18. The summed E-state index contributed by atoms with van der Waals surface area (Å²) in [6.07, 6.45) is 0. The number of aromatic nitrogens is 2. The number of halogens is 1. The average Bonchev–Trinajstić information content (AvgIpc) is 3.08. The first kappa shape index (κ1) is 18.8. The maximum atomic E-state index is 12.3. The van der Waals surface area contributed by atoms with E-state index in [2.05, 4.69) is 31.4 Å². The summed E-state index contributed by atoms with van der Waals surface area (Å²) in [5.41, 5.74) is 2.14. The van der Waals surface area contributed by atoms with Crippen molar-refractivity contribution in [3.05, 3.63) is 69.7 Å². The number of carbonyl (C=O) groups is 2. The zero-order chi connectivity index (χ0) is 18.5. The zero-order valence-electron chi connectivity index (χ0n) is 13.7. The number of nitrogens with one attached hydrogen (secondary N) is 1. The van der Waals surface area contributed by atoms with E-state index < -0.39 is 0 Å². The molecular weight excluding hydrogens is 434 g/mol. The number of hydrogen-bond acceptors (Lipinski definition) is 6. The predicted molar refractivity (Wildman–Crippen MR) is 108 cm³/mol. The van der Waals surface area contributed by atoms with Crippen LogP contribution in [0.3, 0.4) is 0 Å². The van der Waals surface area contributed by atoms with Gasteiger partial charge < -0.3 is 0 Å². The van der Waals surface area contributed by atoms with Crippen LogP contribution in [0, 0.1) is 6.92 Å². The molecule has 0 saturated heterocycles. The minimum atomic E-state index is -0.221. The normalized spacial score (nSPS) is 10.5. The molecule has 26 heavy (non-hydrogen) atoms. The third-order valence-electron chi connectivity index (χ3n) is 3.51. The molecular formula is C18H14BrN3O2S2. The quantitative estimate of drug-likeness (QED) is 0.332. The summed E-state index contributed by atoms with van der Waals surface area (Å²) in [6.45, 7) is 1.88. The van der Waals surface area contributed by atoms with Crippen molar-refractivity contribution in [2.45, 2.75) is 11.3 Å². The molecule has 1 aromatic heterocycles. The molecule has 1 N–H and O–H groups in total. The molecule has 3 aromatic rings. The lowest BCUT2D eigenvalue weighted by molar-refractivity contribution is 0.101. The number of rotatable bonds is 6. The maximum absolute atomic E-state index is 12.3. The highest BCUT2D eigenvalue weighted by Gasteiger charge is 2.13. The van der Waals surface area contributed by atoms with Crippen molar-refractivity contribution in [2.75, 3.05) is 11.1 Å². The number of hydrogen-bond donors (Lipinski definition) is 1. The number of ketones is 1. The lowest BCUT2D eigenvalue weighted by Crippen LogP contribution is -2.12. The smallest absolute Gasteiger partial charge is 0.257 e. The topological polar surface area (TPSA) is 72.0 Å². The molecule has 0 aliphatic carbocycles. The number of benzene rings is 2. The molecule has 0 aliphatic heterocycles. The molecule has 132 valence electrons. The van der Waals surface area contributed by atoms with Crippen LogP contribution >= 0.6 is 39.0 Å². The Morgan fingerprint density at radius 2 is 1.85 bits per heavy atom. The number of carbonyl (C=O) groups excluding carboxylic acids is 2. The van der Waals surface area contributed by atoms with Crippen LogP contribution in [0.2, 0.25) is 0 Å². The predicted octanol–water partition coefficient (Wildman–Crippen LogP) is 4.84. The summed E-state index contributed by atoms with van der Waals surface area (Å²) < 4.78 is 1.57. The van der Waals surface area contributed by atoms with Gasteiger partial charge >= 0.3 is 0 Å². The van der Waals surface area contributed by atoms with E-state index in [-0.39, 0.29) is 17.4 Å². The lowest BCUT2D eigenvalue weighted by Gasteiger charge is -2.03. The van der Waals surface area contributed by atoms with Gasteiger partial charge in [-0.15, -0.1) is 10.2 Å². The van der Waals surface area contributed by atoms with Gasteiger partial charge in [-0.25, -0.2) is 0 Å². The molecule has 5 nitrogen and oxygen atoms in total. The summed E-state index contributed by atoms with van der Waals surface area (Å²) in [6, 6.07) is 14.6. The van der Waals surface area contributed by atoms with Crippen molar-refractivity contribution in [2.24, 2.45) is 0 Å². The van der Waals surface area contributed by atoms with Crippen LogP contribution in [0.15, 0.2) is 57.3 Å². The second-order valence-electron chi connectivity index (χ2n) is 5.36. The largest absolute Gasteiger partial charge is 0.296 e. The summed E-state index contributed by atoms with van der Waals surface area (Å²) in [7, 11) is 0. The van der Waals surface area contributed by atoms with Crippen LogP contribution in [0.5, 0.6) is 0 Å². The molecule has 2 aromatic carbocycles. The summed E-state index contributed by atoms with van der Waals surface area (Å²) in [5.74, 6) is 0.0621. The monoisotopic (exact) mass is 447 g/mol. The fourth-order valence-corrected chi connectivity index (χ4v) is 4.06. The minimum absolute atomic E-state index is 0.0168. The van der Waals surface area contributed by atoms with Gasteiger partial charge in [-0.1, -0.05) is 69.4 Å². The van der Waals surface area contributed by atoms with Gasteiger partial charge in [0.2, 0.25) is 5.13 Å². The van der Waals surface area contributed by atoms with E-state index in [1.165, 1.54) is 23.1 Å². The van der Waals surface area contributed by atoms with E-state index in [1.807, 2.05) is 37.3 Å². The van der Waals surface area contributed by atoms with Crippen LogP contribution in [0.25, 0.3) is 0 Å². The number of nitrogens with zero attached hydrogens (tertiary/aromatic N) is 2. The third kappa shape index (κ3) is 4.78. The first-order chi connectivity index (χ1) is 12.5. The molecule has 0 saturated carbocycles. The van der Waals surface area contributed by atoms with Crippen LogP contribution in [-0.4, -0.2) is 27.6 Å². The number of Topliss-reactive ketones (excluding diaryl/α,β-unsaturated/α-hetero) is 1. The standard InChI is InChI=1S/C18H14BrN3O2S2/c1-11-4-2-3-5-14(11)16(24)20-17-21-22-18(26-17)25-10-15(23)12-6-8-13(19)9-7-12/h2-9H,10H2,1H3,(H,20,21,24). The molecule has 0 aliphatic rings. The Morgan fingerprint density at radius 3 is 2.58 bits per heavy atom. The van der Waals surface area contributed by atoms with E-state index in [9.17, 15) is 9.59 Å². The van der Waals surface area contributed by atoms with E-state index in [1.54, 1.807) is 18.2 Å². The fourth-order valence-electron chi connectivity index (χ4n) is 2.16. The van der Waals surface area contributed by atoms with E-state index >= 15 is 0 Å². The van der Waals surface area contributed by atoms with Crippen LogP contribution < -0.4 is 5.32 Å². The van der Waals surface area contributed by atoms with E-state index in [4.69, 9.17) is 0 Å². The molecule has 0 spiro atoms. The van der Waals surface area contributed by atoms with Gasteiger partial charge in [-0.3, -0.25) is 14.9 Å². The fraction of sp³-hybridized carbons (Fsp3) is 0.111. The first-order valence-electron chi connectivity index (χ1n) is 7.65. The Hall–Kier alpha value is -2.03. The molecule has 0 bridgehead atoms. The van der Waals surface area contributed by atoms with Gasteiger partial charge in [0, 0.05) is 15.6 Å². The molecule has 1 heterocycles. The van der Waals surface area contributed by atoms with Crippen molar-refractivity contribution in [3.8, 4) is 0 Å². The Bertz CT molecular complexity index is 942. The highest BCUT2D eigenvalue weighted by Crippen LogP contribution is 2.26. The van der Waals surface area contributed by atoms with Gasteiger partial charge in [-0.2, -0.15) is 0 Å². The van der Waals surface area contributed by atoms with Crippen LogP contribution in [0.1, 0.15) is 26.3 Å². The van der Waals surface area contributed by atoms with Gasteiger partial charge in [0.25, 0.3) is 5.91 Å². The molecule has 0 unspecified atom stereocenters. The summed E-state index contributed by atoms with van der Waals surface area (Å²) >= 11 is 5.90. The number of amides is 1. The van der Waals surface area contributed by atoms with Crippen molar-refractivity contribution >= 4 is 55.9 Å². The van der Waals surface area contributed by atoms with Gasteiger partial charge in [0.05, 0.1) is 5.75 Å². The summed E-state index contributed by atoms with van der Waals surface area (Å²) in [4.78, 5) is 24.5. The van der Waals surface area contributed by atoms with Gasteiger partial charge in [0.1, 0.15) is 0 Å². The third-order valence-corrected chi connectivity index (χ3v) is 6.01. The Balaban J connectivity index is 1.58. The molecule has 8 heteroatoms. The highest BCUT2D eigenvalue weighted by molar-refractivity contribution is 9.10. The molecule has 0 radical (unpaired) electrons. The van der Waals surface area contributed by atoms with Crippen molar-refractivity contribution in [1.29, 1.82) is 0 Å². The molecule has 0 fully saturated rings. The van der Waals surface area contributed by atoms with Crippen LogP contribution in [-0.2, 0) is 0 Å². The number of anilines is 1. The SMILES string of the molecule is Cc1ccccc1C(=O)Nc1nnc(SCC(=O)c2ccc(Br)cc2)s1.